The molecule has 0 spiro atoms. The van der Waals surface area contributed by atoms with E-state index in [1.165, 1.54) is 0 Å². The average Bonchev–Trinajstić information content (AvgIpc) is 2.28. The van der Waals surface area contributed by atoms with Gasteiger partial charge in [0.25, 0.3) is 0 Å². The molecule has 0 bridgehead atoms. The molecule has 5 heteroatoms. The van der Waals surface area contributed by atoms with Gasteiger partial charge >= 0.3 is 0 Å². The SMILES string of the molecule is CNC(=O)C1CCCN(CC(C)(N)C#N)C1. The summed E-state index contributed by atoms with van der Waals surface area (Å²) < 4.78 is 0. The molecule has 90 valence electrons. The van der Waals surface area contributed by atoms with Crippen LogP contribution in [0, 0.1) is 17.2 Å². The maximum atomic E-state index is 11.5. The second kappa shape index (κ2) is 5.28. The van der Waals surface area contributed by atoms with E-state index in [-0.39, 0.29) is 11.8 Å². The van der Waals surface area contributed by atoms with Crippen LogP contribution in [0.4, 0.5) is 0 Å². The summed E-state index contributed by atoms with van der Waals surface area (Å²) in [5.41, 5.74) is 4.97. The first-order valence-electron chi connectivity index (χ1n) is 5.62. The van der Waals surface area contributed by atoms with Crippen molar-refractivity contribution in [1.82, 2.24) is 10.2 Å². The number of nitrogens with two attached hydrogens (primary N) is 1. The Hall–Kier alpha value is -1.12. The Morgan fingerprint density at radius 3 is 3.00 bits per heavy atom. The number of carbonyl (C=O) groups excluding carboxylic acids is 1. The van der Waals surface area contributed by atoms with Crippen molar-refractivity contribution in [2.75, 3.05) is 26.7 Å². The van der Waals surface area contributed by atoms with Crippen molar-refractivity contribution < 1.29 is 4.79 Å². The lowest BCUT2D eigenvalue weighted by Gasteiger charge is -2.34. The number of hydrogen-bond acceptors (Lipinski definition) is 4. The normalized spacial score (nSPS) is 25.5. The first kappa shape index (κ1) is 12.9. The third kappa shape index (κ3) is 3.47. The number of piperidine rings is 1. The number of carbonyl (C=O) groups is 1. The fourth-order valence-corrected chi connectivity index (χ4v) is 2.12. The fourth-order valence-electron chi connectivity index (χ4n) is 2.12. The minimum atomic E-state index is -0.829. The molecule has 1 amide bonds. The van der Waals surface area contributed by atoms with Gasteiger partial charge in [0.05, 0.1) is 12.0 Å². The lowest BCUT2D eigenvalue weighted by molar-refractivity contribution is -0.126. The molecular weight excluding hydrogens is 204 g/mol. The van der Waals surface area contributed by atoms with Gasteiger partial charge in [-0.15, -0.1) is 0 Å². The van der Waals surface area contributed by atoms with Crippen molar-refractivity contribution >= 4 is 5.91 Å². The van der Waals surface area contributed by atoms with E-state index in [9.17, 15) is 4.79 Å². The highest BCUT2D eigenvalue weighted by molar-refractivity contribution is 5.78. The number of nitrogens with one attached hydrogen (secondary N) is 1. The summed E-state index contributed by atoms with van der Waals surface area (Å²) in [5.74, 6) is 0.119. The molecule has 0 aliphatic carbocycles. The third-order valence-electron chi connectivity index (χ3n) is 2.93. The van der Waals surface area contributed by atoms with Crippen molar-refractivity contribution in [3.05, 3.63) is 0 Å². The number of amides is 1. The summed E-state index contributed by atoms with van der Waals surface area (Å²) in [6.07, 6.45) is 1.91. The molecule has 0 radical (unpaired) electrons. The van der Waals surface area contributed by atoms with Crippen molar-refractivity contribution in [2.45, 2.75) is 25.3 Å². The quantitative estimate of drug-likeness (QED) is 0.688. The van der Waals surface area contributed by atoms with Crippen LogP contribution in [0.15, 0.2) is 0 Å². The van der Waals surface area contributed by atoms with Gasteiger partial charge in [-0.3, -0.25) is 9.69 Å². The Bertz CT molecular complexity index is 295. The van der Waals surface area contributed by atoms with E-state index in [0.29, 0.717) is 13.1 Å². The number of nitriles is 1. The molecule has 0 aromatic carbocycles. The lowest BCUT2D eigenvalue weighted by atomic mass is 9.95. The summed E-state index contributed by atoms with van der Waals surface area (Å²) in [7, 11) is 1.66. The van der Waals surface area contributed by atoms with E-state index in [2.05, 4.69) is 16.3 Å². The summed E-state index contributed by atoms with van der Waals surface area (Å²) in [6.45, 7) is 3.86. The van der Waals surface area contributed by atoms with E-state index in [1.54, 1.807) is 14.0 Å². The molecule has 16 heavy (non-hydrogen) atoms. The molecule has 1 saturated heterocycles. The number of rotatable bonds is 3. The van der Waals surface area contributed by atoms with E-state index in [4.69, 9.17) is 11.0 Å². The monoisotopic (exact) mass is 224 g/mol. The highest BCUT2D eigenvalue weighted by Crippen LogP contribution is 2.17. The largest absolute Gasteiger partial charge is 0.359 e. The summed E-state index contributed by atoms with van der Waals surface area (Å²) in [5, 5.41) is 11.5. The maximum absolute atomic E-state index is 11.5. The van der Waals surface area contributed by atoms with Crippen LogP contribution < -0.4 is 11.1 Å². The number of hydrogen-bond donors (Lipinski definition) is 2. The van der Waals surface area contributed by atoms with Gasteiger partial charge in [0.1, 0.15) is 5.54 Å². The Morgan fingerprint density at radius 1 is 1.75 bits per heavy atom. The molecule has 2 unspecified atom stereocenters. The van der Waals surface area contributed by atoms with Crippen molar-refractivity contribution in [1.29, 1.82) is 5.26 Å². The number of nitrogens with zero attached hydrogens (tertiary/aromatic N) is 2. The van der Waals surface area contributed by atoms with Gasteiger partial charge < -0.3 is 11.1 Å². The highest BCUT2D eigenvalue weighted by Gasteiger charge is 2.29. The summed E-state index contributed by atoms with van der Waals surface area (Å²) in [4.78, 5) is 13.6. The molecule has 0 aromatic rings. The van der Waals surface area contributed by atoms with E-state index in [0.717, 1.165) is 19.4 Å². The predicted octanol–water partition coefficient (Wildman–Crippen LogP) is -0.315. The van der Waals surface area contributed by atoms with Crippen LogP contribution in [0.5, 0.6) is 0 Å². The minimum Gasteiger partial charge on any atom is -0.359 e. The van der Waals surface area contributed by atoms with E-state index < -0.39 is 5.54 Å². The van der Waals surface area contributed by atoms with Crippen molar-refractivity contribution in [3.63, 3.8) is 0 Å². The average molecular weight is 224 g/mol. The van der Waals surface area contributed by atoms with Gasteiger partial charge in [0.15, 0.2) is 0 Å². The molecule has 1 aliphatic rings. The standard InChI is InChI=1S/C11H20N4O/c1-11(13,7-12)8-15-5-3-4-9(6-15)10(16)14-2/h9H,3-6,8,13H2,1-2H3,(H,14,16). The molecule has 1 fully saturated rings. The van der Waals surface area contributed by atoms with Gasteiger partial charge in [-0.05, 0) is 26.3 Å². The third-order valence-corrected chi connectivity index (χ3v) is 2.93. The first-order valence-corrected chi connectivity index (χ1v) is 5.62. The molecule has 1 heterocycles. The summed E-state index contributed by atoms with van der Waals surface area (Å²) in [6, 6.07) is 2.08. The second-order valence-electron chi connectivity index (χ2n) is 4.72. The lowest BCUT2D eigenvalue weighted by Crippen LogP contribution is -2.51. The smallest absolute Gasteiger partial charge is 0.224 e. The molecule has 5 nitrogen and oxygen atoms in total. The van der Waals surface area contributed by atoms with Crippen LogP contribution in [0.25, 0.3) is 0 Å². The van der Waals surface area contributed by atoms with Crippen LogP contribution in [0.1, 0.15) is 19.8 Å². The molecule has 1 rings (SSSR count). The van der Waals surface area contributed by atoms with Gasteiger partial charge in [-0.25, -0.2) is 0 Å². The summed E-state index contributed by atoms with van der Waals surface area (Å²) >= 11 is 0. The van der Waals surface area contributed by atoms with Crippen LogP contribution in [0.2, 0.25) is 0 Å². The van der Waals surface area contributed by atoms with Gasteiger partial charge in [-0.1, -0.05) is 0 Å². The van der Waals surface area contributed by atoms with Crippen LogP contribution in [-0.2, 0) is 4.79 Å². The Kier molecular flexibility index (Phi) is 4.27. The Labute approximate surface area is 96.6 Å². The number of likely N-dealkylation sites (tertiary alicyclic amines) is 1. The Balaban J connectivity index is 2.52. The van der Waals surface area contributed by atoms with Gasteiger partial charge in [0, 0.05) is 20.1 Å². The van der Waals surface area contributed by atoms with E-state index >= 15 is 0 Å². The Morgan fingerprint density at radius 2 is 2.44 bits per heavy atom. The second-order valence-corrected chi connectivity index (χ2v) is 4.72. The minimum absolute atomic E-state index is 0.0354. The molecule has 0 saturated carbocycles. The van der Waals surface area contributed by atoms with Crippen LogP contribution in [0.3, 0.4) is 0 Å². The topological polar surface area (TPSA) is 82.2 Å². The van der Waals surface area contributed by atoms with E-state index in [1.807, 2.05) is 0 Å². The highest BCUT2D eigenvalue weighted by atomic mass is 16.1. The van der Waals surface area contributed by atoms with Gasteiger partial charge in [0.2, 0.25) is 5.91 Å². The molecular formula is C11H20N4O. The predicted molar refractivity (Wildman–Crippen MR) is 61.4 cm³/mol. The molecule has 2 atom stereocenters. The molecule has 3 N–H and O–H groups in total. The van der Waals surface area contributed by atoms with Gasteiger partial charge in [-0.2, -0.15) is 5.26 Å². The van der Waals surface area contributed by atoms with Crippen LogP contribution >= 0.6 is 0 Å². The molecule has 1 aliphatic heterocycles. The fraction of sp³-hybridized carbons (Fsp3) is 0.818. The molecule has 0 aromatic heterocycles. The zero-order valence-electron chi connectivity index (χ0n) is 9.99. The van der Waals surface area contributed by atoms with Crippen LogP contribution in [-0.4, -0.2) is 43.0 Å². The zero-order valence-corrected chi connectivity index (χ0v) is 9.99. The maximum Gasteiger partial charge on any atom is 0.224 e. The zero-order chi connectivity index (χ0) is 12.2. The van der Waals surface area contributed by atoms with Crippen molar-refractivity contribution in [3.8, 4) is 6.07 Å². The first-order chi connectivity index (χ1) is 7.48. The van der Waals surface area contributed by atoms with Crippen molar-refractivity contribution in [2.24, 2.45) is 11.7 Å².